The highest BCUT2D eigenvalue weighted by Gasteiger charge is 2.29. The minimum Gasteiger partial charge on any atom is -0.369 e. The topological polar surface area (TPSA) is 55.1 Å². The predicted octanol–water partition coefficient (Wildman–Crippen LogP) is 0.888. The van der Waals surface area contributed by atoms with Crippen molar-refractivity contribution in [1.82, 2.24) is 5.32 Å². The summed E-state index contributed by atoms with van der Waals surface area (Å²) in [5, 5.41) is 3.34. The lowest BCUT2D eigenvalue weighted by atomic mass is 9.79. The number of amides is 1. The third kappa shape index (κ3) is 2.99. The van der Waals surface area contributed by atoms with Gasteiger partial charge in [0.05, 0.1) is 0 Å². The number of nitrogens with two attached hydrogens (primary N) is 1. The molecular formula is C10H20N2O. The highest BCUT2D eigenvalue weighted by atomic mass is 16.1. The van der Waals surface area contributed by atoms with Crippen molar-refractivity contribution in [2.75, 3.05) is 13.1 Å². The van der Waals surface area contributed by atoms with E-state index in [1.54, 1.807) is 0 Å². The van der Waals surface area contributed by atoms with Crippen LogP contribution in [-0.4, -0.2) is 19.0 Å². The van der Waals surface area contributed by atoms with Crippen LogP contribution in [0.3, 0.4) is 0 Å². The zero-order valence-electron chi connectivity index (χ0n) is 8.60. The number of piperidine rings is 1. The Hall–Kier alpha value is -0.570. The largest absolute Gasteiger partial charge is 0.369 e. The number of rotatable bonds is 3. The second-order valence-electron chi connectivity index (χ2n) is 4.66. The van der Waals surface area contributed by atoms with Crippen LogP contribution >= 0.6 is 0 Å². The molecule has 3 nitrogen and oxygen atoms in total. The average molecular weight is 184 g/mol. The predicted molar refractivity (Wildman–Crippen MR) is 53.2 cm³/mol. The molecule has 0 spiro atoms. The van der Waals surface area contributed by atoms with Gasteiger partial charge < -0.3 is 11.1 Å². The molecule has 0 aromatic heterocycles. The summed E-state index contributed by atoms with van der Waals surface area (Å²) in [5.74, 6) is 0.439. The summed E-state index contributed by atoms with van der Waals surface area (Å²) in [7, 11) is 0. The number of hydrogen-bond donors (Lipinski definition) is 2. The minimum absolute atomic E-state index is 0.182. The van der Waals surface area contributed by atoms with Gasteiger partial charge in [-0.15, -0.1) is 0 Å². The number of carbonyl (C=O) groups excluding carboxylic acids is 1. The van der Waals surface area contributed by atoms with Crippen molar-refractivity contribution in [3.8, 4) is 0 Å². The van der Waals surface area contributed by atoms with E-state index in [0.29, 0.717) is 5.92 Å². The van der Waals surface area contributed by atoms with Crippen LogP contribution < -0.4 is 11.1 Å². The summed E-state index contributed by atoms with van der Waals surface area (Å²) in [5.41, 5.74) is 4.98. The van der Waals surface area contributed by atoms with Gasteiger partial charge >= 0.3 is 0 Å². The monoisotopic (exact) mass is 184 g/mol. The van der Waals surface area contributed by atoms with Gasteiger partial charge in [-0.1, -0.05) is 13.8 Å². The Labute approximate surface area is 80.1 Å². The van der Waals surface area contributed by atoms with Gasteiger partial charge in [-0.2, -0.15) is 0 Å². The maximum Gasteiger partial charge on any atom is 0.223 e. The van der Waals surface area contributed by atoms with E-state index in [9.17, 15) is 4.79 Å². The van der Waals surface area contributed by atoms with Gasteiger partial charge in [-0.25, -0.2) is 0 Å². The minimum atomic E-state index is -0.344. The zero-order valence-corrected chi connectivity index (χ0v) is 8.60. The van der Waals surface area contributed by atoms with Crippen LogP contribution in [0, 0.1) is 11.3 Å². The molecule has 3 heteroatoms. The Bertz CT molecular complexity index is 183. The molecule has 1 saturated heterocycles. The van der Waals surface area contributed by atoms with Gasteiger partial charge in [0, 0.05) is 5.41 Å². The maximum atomic E-state index is 11.1. The fourth-order valence-electron chi connectivity index (χ4n) is 1.92. The van der Waals surface area contributed by atoms with Crippen molar-refractivity contribution in [1.29, 1.82) is 0 Å². The molecule has 76 valence electrons. The molecule has 1 atom stereocenters. The van der Waals surface area contributed by atoms with E-state index in [1.165, 1.54) is 12.8 Å². The molecule has 1 rings (SSSR count). The normalized spacial score (nSPS) is 24.3. The van der Waals surface area contributed by atoms with E-state index in [1.807, 2.05) is 13.8 Å². The maximum absolute atomic E-state index is 11.1. The molecule has 1 unspecified atom stereocenters. The summed E-state index contributed by atoms with van der Waals surface area (Å²) in [6, 6.07) is 0. The molecule has 1 heterocycles. The Morgan fingerprint density at radius 2 is 2.31 bits per heavy atom. The van der Waals surface area contributed by atoms with Crippen LogP contribution in [0.4, 0.5) is 0 Å². The number of hydrogen-bond acceptors (Lipinski definition) is 2. The summed E-state index contributed by atoms with van der Waals surface area (Å²) in [6.45, 7) is 6.03. The Morgan fingerprint density at radius 1 is 1.62 bits per heavy atom. The van der Waals surface area contributed by atoms with E-state index < -0.39 is 0 Å². The van der Waals surface area contributed by atoms with Gasteiger partial charge in [0.1, 0.15) is 0 Å². The fourth-order valence-corrected chi connectivity index (χ4v) is 1.92. The first-order valence-electron chi connectivity index (χ1n) is 5.03. The van der Waals surface area contributed by atoms with Crippen LogP contribution in [0.5, 0.6) is 0 Å². The SMILES string of the molecule is CC(C)(CC1CCCNC1)C(N)=O. The van der Waals surface area contributed by atoms with E-state index in [-0.39, 0.29) is 11.3 Å². The quantitative estimate of drug-likeness (QED) is 0.684. The van der Waals surface area contributed by atoms with Crippen molar-refractivity contribution >= 4 is 5.91 Å². The average Bonchev–Trinajstić information content (AvgIpc) is 2.05. The molecule has 0 radical (unpaired) electrons. The molecule has 3 N–H and O–H groups in total. The highest BCUT2D eigenvalue weighted by Crippen LogP contribution is 2.28. The summed E-state index contributed by atoms with van der Waals surface area (Å²) in [6.07, 6.45) is 3.36. The number of primary amides is 1. The molecule has 0 bridgehead atoms. The van der Waals surface area contributed by atoms with Crippen LogP contribution in [-0.2, 0) is 4.79 Å². The first kappa shape index (κ1) is 10.5. The van der Waals surface area contributed by atoms with Crippen LogP contribution in [0.15, 0.2) is 0 Å². The molecule has 1 fully saturated rings. The van der Waals surface area contributed by atoms with Crippen LogP contribution in [0.25, 0.3) is 0 Å². The van der Waals surface area contributed by atoms with Crippen molar-refractivity contribution in [2.24, 2.45) is 17.1 Å². The van der Waals surface area contributed by atoms with Crippen LogP contribution in [0.1, 0.15) is 33.1 Å². The lowest BCUT2D eigenvalue weighted by molar-refractivity contribution is -0.126. The van der Waals surface area contributed by atoms with Gasteiger partial charge in [0.25, 0.3) is 0 Å². The molecule has 0 aromatic carbocycles. The molecule has 1 aliphatic rings. The summed E-state index contributed by atoms with van der Waals surface area (Å²) in [4.78, 5) is 11.1. The summed E-state index contributed by atoms with van der Waals surface area (Å²) < 4.78 is 0. The fraction of sp³-hybridized carbons (Fsp3) is 0.900. The molecule has 13 heavy (non-hydrogen) atoms. The molecule has 0 aliphatic carbocycles. The number of nitrogens with one attached hydrogen (secondary N) is 1. The van der Waals surface area contributed by atoms with Crippen molar-refractivity contribution in [2.45, 2.75) is 33.1 Å². The van der Waals surface area contributed by atoms with E-state index in [4.69, 9.17) is 5.73 Å². The first-order valence-corrected chi connectivity index (χ1v) is 5.03. The van der Waals surface area contributed by atoms with E-state index >= 15 is 0 Å². The Balaban J connectivity index is 2.41. The molecule has 1 aliphatic heterocycles. The van der Waals surface area contributed by atoms with Gasteiger partial charge in [-0.3, -0.25) is 4.79 Å². The van der Waals surface area contributed by atoms with Gasteiger partial charge in [0.15, 0.2) is 0 Å². The molecule has 0 saturated carbocycles. The molecule has 0 aromatic rings. The van der Waals surface area contributed by atoms with Gasteiger partial charge in [-0.05, 0) is 38.3 Å². The van der Waals surface area contributed by atoms with Crippen molar-refractivity contribution < 1.29 is 4.79 Å². The highest BCUT2D eigenvalue weighted by molar-refractivity contribution is 5.79. The number of carbonyl (C=O) groups is 1. The lowest BCUT2D eigenvalue weighted by Crippen LogP contribution is -2.38. The third-order valence-electron chi connectivity index (χ3n) is 2.86. The molecular weight excluding hydrogens is 164 g/mol. The third-order valence-corrected chi connectivity index (χ3v) is 2.86. The Kier molecular flexibility index (Phi) is 3.31. The zero-order chi connectivity index (χ0) is 9.90. The van der Waals surface area contributed by atoms with Crippen molar-refractivity contribution in [3.05, 3.63) is 0 Å². The Morgan fingerprint density at radius 3 is 2.77 bits per heavy atom. The van der Waals surface area contributed by atoms with Crippen molar-refractivity contribution in [3.63, 3.8) is 0 Å². The molecule has 1 amide bonds. The first-order chi connectivity index (χ1) is 6.02. The summed E-state index contributed by atoms with van der Waals surface area (Å²) >= 11 is 0. The van der Waals surface area contributed by atoms with E-state index in [0.717, 1.165) is 19.5 Å². The van der Waals surface area contributed by atoms with Gasteiger partial charge in [0.2, 0.25) is 5.91 Å². The lowest BCUT2D eigenvalue weighted by Gasteiger charge is -2.29. The van der Waals surface area contributed by atoms with E-state index in [2.05, 4.69) is 5.32 Å². The second kappa shape index (κ2) is 4.09. The second-order valence-corrected chi connectivity index (χ2v) is 4.66. The standard InChI is InChI=1S/C10H20N2O/c1-10(2,9(11)13)6-8-4-3-5-12-7-8/h8,12H,3-7H2,1-2H3,(H2,11,13). The smallest absolute Gasteiger partial charge is 0.223 e. The van der Waals surface area contributed by atoms with Crippen LogP contribution in [0.2, 0.25) is 0 Å².